The highest BCUT2D eigenvalue weighted by Gasteiger charge is 2.24. The Morgan fingerprint density at radius 1 is 1.13 bits per heavy atom. The van der Waals surface area contributed by atoms with Crippen molar-refractivity contribution >= 4 is 12.4 Å². The molecule has 0 bridgehead atoms. The van der Waals surface area contributed by atoms with Gasteiger partial charge in [0, 0.05) is 5.54 Å². The minimum absolute atomic E-state index is 0. The number of hydrogen-bond acceptors (Lipinski definition) is 1. The molecule has 2 heteroatoms. The molecule has 0 aliphatic carbocycles. The summed E-state index contributed by atoms with van der Waals surface area (Å²) in [6.45, 7) is 7.91. The van der Waals surface area contributed by atoms with E-state index in [0.717, 1.165) is 6.54 Å². The van der Waals surface area contributed by atoms with Gasteiger partial charge in [0.2, 0.25) is 0 Å². The van der Waals surface area contributed by atoms with Crippen molar-refractivity contribution in [3.8, 4) is 0 Å². The second-order valence-electron chi connectivity index (χ2n) is 4.35. The number of benzene rings is 1. The van der Waals surface area contributed by atoms with E-state index >= 15 is 0 Å². The maximum absolute atomic E-state index is 2.41. The van der Waals surface area contributed by atoms with Crippen LogP contribution < -0.4 is 0 Å². The highest BCUT2D eigenvalue weighted by atomic mass is 35.5. The molecule has 0 unspecified atom stereocenters. The van der Waals surface area contributed by atoms with E-state index in [1.807, 2.05) is 0 Å². The van der Waals surface area contributed by atoms with Crippen LogP contribution in [0.25, 0.3) is 0 Å². The molecule has 0 atom stereocenters. The van der Waals surface area contributed by atoms with Gasteiger partial charge in [-0.1, -0.05) is 37.3 Å². The molecule has 0 N–H and O–H groups in total. The molecule has 0 fully saturated rings. The fourth-order valence-corrected chi connectivity index (χ4v) is 1.68. The van der Waals surface area contributed by atoms with Crippen molar-refractivity contribution in [2.45, 2.75) is 32.7 Å². The van der Waals surface area contributed by atoms with Crippen molar-refractivity contribution in [3.63, 3.8) is 0 Å². The van der Waals surface area contributed by atoms with Gasteiger partial charge < -0.3 is 0 Å². The Bertz CT molecular complexity index is 269. The van der Waals surface area contributed by atoms with Gasteiger partial charge in [0.15, 0.2) is 0 Å². The van der Waals surface area contributed by atoms with Gasteiger partial charge in [-0.25, -0.2) is 0 Å². The van der Waals surface area contributed by atoms with Gasteiger partial charge in [0.1, 0.15) is 0 Å². The van der Waals surface area contributed by atoms with E-state index in [1.165, 1.54) is 12.0 Å². The summed E-state index contributed by atoms with van der Waals surface area (Å²) in [7, 11) is 2.19. The summed E-state index contributed by atoms with van der Waals surface area (Å²) in [5, 5.41) is 0. The summed E-state index contributed by atoms with van der Waals surface area (Å²) in [6, 6.07) is 10.7. The lowest BCUT2D eigenvalue weighted by Crippen LogP contribution is -2.38. The quantitative estimate of drug-likeness (QED) is 0.759. The van der Waals surface area contributed by atoms with Crippen molar-refractivity contribution in [1.29, 1.82) is 0 Å². The third-order valence-electron chi connectivity index (χ3n) is 2.99. The molecular formula is C13H22ClN. The summed E-state index contributed by atoms with van der Waals surface area (Å²) >= 11 is 0. The topological polar surface area (TPSA) is 3.24 Å². The van der Waals surface area contributed by atoms with Crippen LogP contribution in [0.2, 0.25) is 0 Å². The van der Waals surface area contributed by atoms with Crippen LogP contribution in [-0.2, 0) is 5.54 Å². The second kappa shape index (κ2) is 6.14. The van der Waals surface area contributed by atoms with Crippen molar-refractivity contribution in [3.05, 3.63) is 35.9 Å². The minimum Gasteiger partial charge on any atom is -0.297 e. The summed E-state index contributed by atoms with van der Waals surface area (Å²) < 4.78 is 0. The maximum Gasteiger partial charge on any atom is 0.0401 e. The van der Waals surface area contributed by atoms with Crippen LogP contribution in [0.5, 0.6) is 0 Å². The monoisotopic (exact) mass is 227 g/mol. The molecule has 1 nitrogen and oxygen atoms in total. The molecule has 86 valence electrons. The zero-order chi connectivity index (χ0) is 10.6. The number of nitrogens with zero attached hydrogens (tertiary/aromatic N) is 1. The molecule has 0 amide bonds. The Morgan fingerprint density at radius 2 is 1.67 bits per heavy atom. The van der Waals surface area contributed by atoms with Crippen LogP contribution in [0.1, 0.15) is 32.8 Å². The zero-order valence-electron chi connectivity index (χ0n) is 10.2. The summed E-state index contributed by atoms with van der Waals surface area (Å²) in [5.74, 6) is 0. The zero-order valence-corrected chi connectivity index (χ0v) is 11.0. The molecule has 1 rings (SSSR count). The van der Waals surface area contributed by atoms with Gasteiger partial charge in [-0.05, 0) is 39.4 Å². The normalized spacial score (nSPS) is 11.3. The van der Waals surface area contributed by atoms with Crippen LogP contribution in [-0.4, -0.2) is 18.5 Å². The molecule has 15 heavy (non-hydrogen) atoms. The molecule has 0 saturated carbocycles. The fourth-order valence-electron chi connectivity index (χ4n) is 1.68. The molecule has 0 aliphatic rings. The molecule has 0 aromatic heterocycles. The summed E-state index contributed by atoms with van der Waals surface area (Å²) in [5.41, 5.74) is 1.52. The first-order chi connectivity index (χ1) is 6.59. The Hall–Kier alpha value is -0.530. The van der Waals surface area contributed by atoms with E-state index in [4.69, 9.17) is 0 Å². The van der Waals surface area contributed by atoms with Gasteiger partial charge in [-0.15, -0.1) is 12.4 Å². The minimum atomic E-state index is 0. The first-order valence-corrected chi connectivity index (χ1v) is 5.35. The lowest BCUT2D eigenvalue weighted by Gasteiger charge is -2.36. The van der Waals surface area contributed by atoms with E-state index in [-0.39, 0.29) is 17.9 Å². The van der Waals surface area contributed by atoms with Crippen LogP contribution in [0.15, 0.2) is 30.3 Å². The molecule has 1 aromatic rings. The SMILES string of the molecule is CCCN(C)C(C)(C)c1ccccc1.Cl. The first-order valence-electron chi connectivity index (χ1n) is 5.35. The van der Waals surface area contributed by atoms with Crippen LogP contribution in [0, 0.1) is 0 Å². The van der Waals surface area contributed by atoms with E-state index in [0.29, 0.717) is 0 Å². The summed E-state index contributed by atoms with van der Waals surface area (Å²) in [6.07, 6.45) is 1.20. The predicted octanol–water partition coefficient (Wildman–Crippen LogP) is 3.69. The van der Waals surface area contributed by atoms with E-state index in [2.05, 4.69) is 63.1 Å². The van der Waals surface area contributed by atoms with Gasteiger partial charge in [0.05, 0.1) is 0 Å². The fraction of sp³-hybridized carbons (Fsp3) is 0.538. The molecule has 1 aromatic carbocycles. The van der Waals surface area contributed by atoms with E-state index in [9.17, 15) is 0 Å². The molecular weight excluding hydrogens is 206 g/mol. The van der Waals surface area contributed by atoms with E-state index < -0.39 is 0 Å². The molecule has 0 heterocycles. The maximum atomic E-state index is 2.41. The smallest absolute Gasteiger partial charge is 0.0401 e. The number of rotatable bonds is 4. The van der Waals surface area contributed by atoms with Gasteiger partial charge >= 0.3 is 0 Å². The third kappa shape index (κ3) is 3.51. The Kier molecular flexibility index (Phi) is 5.92. The first kappa shape index (κ1) is 14.5. The van der Waals surface area contributed by atoms with Crippen molar-refractivity contribution in [1.82, 2.24) is 4.90 Å². The Morgan fingerprint density at radius 3 is 2.13 bits per heavy atom. The molecule has 0 saturated heterocycles. The van der Waals surface area contributed by atoms with Crippen LogP contribution in [0.3, 0.4) is 0 Å². The average Bonchev–Trinajstić information content (AvgIpc) is 2.19. The Balaban J connectivity index is 0.00000196. The van der Waals surface area contributed by atoms with Crippen LogP contribution in [0.4, 0.5) is 0 Å². The van der Waals surface area contributed by atoms with E-state index in [1.54, 1.807) is 0 Å². The molecule has 0 radical (unpaired) electrons. The Labute approximate surface area is 99.9 Å². The average molecular weight is 228 g/mol. The number of halogens is 1. The highest BCUT2D eigenvalue weighted by molar-refractivity contribution is 5.85. The third-order valence-corrected chi connectivity index (χ3v) is 2.99. The van der Waals surface area contributed by atoms with Gasteiger partial charge in [-0.2, -0.15) is 0 Å². The van der Waals surface area contributed by atoms with Gasteiger partial charge in [0.25, 0.3) is 0 Å². The molecule has 0 aliphatic heterocycles. The van der Waals surface area contributed by atoms with Crippen molar-refractivity contribution in [2.24, 2.45) is 0 Å². The van der Waals surface area contributed by atoms with Crippen molar-refractivity contribution < 1.29 is 0 Å². The largest absolute Gasteiger partial charge is 0.297 e. The van der Waals surface area contributed by atoms with Gasteiger partial charge in [-0.3, -0.25) is 4.90 Å². The van der Waals surface area contributed by atoms with Crippen LogP contribution >= 0.6 is 12.4 Å². The lowest BCUT2D eigenvalue weighted by atomic mass is 9.92. The lowest BCUT2D eigenvalue weighted by molar-refractivity contribution is 0.157. The number of hydrogen-bond donors (Lipinski definition) is 0. The molecule has 0 spiro atoms. The second-order valence-corrected chi connectivity index (χ2v) is 4.35. The predicted molar refractivity (Wildman–Crippen MR) is 69.6 cm³/mol. The van der Waals surface area contributed by atoms with Crippen molar-refractivity contribution in [2.75, 3.05) is 13.6 Å². The summed E-state index contributed by atoms with van der Waals surface area (Å²) in [4.78, 5) is 2.41. The highest BCUT2D eigenvalue weighted by Crippen LogP contribution is 2.25. The standard InChI is InChI=1S/C13H21N.ClH/c1-5-11-14(4)13(2,3)12-9-7-6-8-10-12;/h6-10H,5,11H2,1-4H3;1H.